The zero-order chi connectivity index (χ0) is 14.0. The van der Waals surface area contributed by atoms with Crippen LogP contribution < -0.4 is 10.6 Å². The van der Waals surface area contributed by atoms with Crippen molar-refractivity contribution < 1.29 is 0 Å². The normalized spacial score (nSPS) is 31.2. The summed E-state index contributed by atoms with van der Waals surface area (Å²) in [5.41, 5.74) is 0.620. The lowest BCUT2D eigenvalue weighted by molar-refractivity contribution is 0.105. The topological polar surface area (TPSA) is 36.4 Å². The van der Waals surface area contributed by atoms with Crippen LogP contribution in [0.1, 0.15) is 51.4 Å². The predicted octanol–water partition coefficient (Wildman–Crippen LogP) is 3.63. The molecule has 0 radical (unpaired) electrons. The molecule has 0 spiro atoms. The third-order valence-electron chi connectivity index (χ3n) is 5.68. The van der Waals surface area contributed by atoms with Gasteiger partial charge in [-0.3, -0.25) is 4.99 Å². The molecule has 0 aromatic heterocycles. The lowest BCUT2D eigenvalue weighted by Gasteiger charge is -2.43. The summed E-state index contributed by atoms with van der Waals surface area (Å²) in [6.07, 6.45) is 13.4. The van der Waals surface area contributed by atoms with Gasteiger partial charge in [-0.2, -0.15) is 11.8 Å². The SMILES string of the molecule is CN=C(NCC1(C2CC2)CCC1)NC1CCC(SC)C1.I. The van der Waals surface area contributed by atoms with Gasteiger partial charge in [0.1, 0.15) is 0 Å². The van der Waals surface area contributed by atoms with E-state index < -0.39 is 0 Å². The highest BCUT2D eigenvalue weighted by Crippen LogP contribution is 2.56. The molecule has 3 nitrogen and oxygen atoms in total. The van der Waals surface area contributed by atoms with Gasteiger partial charge >= 0.3 is 0 Å². The van der Waals surface area contributed by atoms with Crippen molar-refractivity contribution in [3.63, 3.8) is 0 Å². The first-order valence-corrected chi connectivity index (χ1v) is 9.54. The maximum absolute atomic E-state index is 4.43. The van der Waals surface area contributed by atoms with E-state index in [1.54, 1.807) is 0 Å². The van der Waals surface area contributed by atoms with Gasteiger partial charge < -0.3 is 10.6 Å². The molecule has 3 aliphatic rings. The number of aliphatic imine (C=N–C) groups is 1. The van der Waals surface area contributed by atoms with Gasteiger partial charge in [0.05, 0.1) is 0 Å². The molecule has 3 aliphatic carbocycles. The van der Waals surface area contributed by atoms with Gasteiger partial charge in [0, 0.05) is 24.9 Å². The third-order valence-corrected chi connectivity index (χ3v) is 6.78. The van der Waals surface area contributed by atoms with Crippen LogP contribution in [-0.2, 0) is 0 Å². The van der Waals surface area contributed by atoms with Crippen molar-refractivity contribution in [3.8, 4) is 0 Å². The monoisotopic (exact) mass is 423 g/mol. The summed E-state index contributed by atoms with van der Waals surface area (Å²) in [4.78, 5) is 4.43. The Morgan fingerprint density at radius 3 is 2.48 bits per heavy atom. The third kappa shape index (κ3) is 4.21. The second kappa shape index (κ2) is 7.75. The van der Waals surface area contributed by atoms with Crippen LogP contribution >= 0.6 is 35.7 Å². The van der Waals surface area contributed by atoms with Crippen LogP contribution in [0.25, 0.3) is 0 Å². The molecule has 5 heteroatoms. The Labute approximate surface area is 150 Å². The molecule has 0 saturated heterocycles. The van der Waals surface area contributed by atoms with Crippen LogP contribution in [0.15, 0.2) is 4.99 Å². The minimum absolute atomic E-state index is 0. The molecule has 0 aliphatic heterocycles. The lowest BCUT2D eigenvalue weighted by atomic mass is 9.65. The second-order valence-corrected chi connectivity index (χ2v) is 8.07. The van der Waals surface area contributed by atoms with Gasteiger partial charge in [0.15, 0.2) is 5.96 Å². The van der Waals surface area contributed by atoms with Crippen molar-refractivity contribution in [2.45, 2.75) is 62.7 Å². The van der Waals surface area contributed by atoms with E-state index in [1.807, 2.05) is 18.8 Å². The molecule has 0 amide bonds. The first-order chi connectivity index (χ1) is 9.75. The number of thioether (sulfide) groups is 1. The molecule has 3 rings (SSSR count). The maximum Gasteiger partial charge on any atom is 0.191 e. The molecule has 21 heavy (non-hydrogen) atoms. The standard InChI is InChI=1S/C16H29N3S.HI/c1-17-15(19-13-6-7-14(10-13)20-2)18-11-16(8-3-9-16)12-4-5-12;/h12-14H,3-11H2,1-2H3,(H2,17,18,19);1H. The number of guanidine groups is 1. The largest absolute Gasteiger partial charge is 0.356 e. The molecule has 3 fully saturated rings. The van der Waals surface area contributed by atoms with E-state index in [1.165, 1.54) is 51.4 Å². The maximum atomic E-state index is 4.43. The minimum Gasteiger partial charge on any atom is -0.356 e. The molecule has 3 saturated carbocycles. The summed E-state index contributed by atoms with van der Waals surface area (Å²) in [6, 6.07) is 0.622. The Kier molecular flexibility index (Phi) is 6.53. The van der Waals surface area contributed by atoms with E-state index in [2.05, 4.69) is 21.9 Å². The highest BCUT2D eigenvalue weighted by molar-refractivity contribution is 14.0. The average Bonchev–Trinajstić information content (AvgIpc) is 3.16. The van der Waals surface area contributed by atoms with Gasteiger partial charge in [-0.25, -0.2) is 0 Å². The van der Waals surface area contributed by atoms with Gasteiger partial charge in [-0.1, -0.05) is 6.42 Å². The summed E-state index contributed by atoms with van der Waals surface area (Å²) >= 11 is 2.01. The van der Waals surface area contributed by atoms with E-state index in [0.29, 0.717) is 11.5 Å². The number of nitrogens with zero attached hydrogens (tertiary/aromatic N) is 1. The fourth-order valence-electron chi connectivity index (χ4n) is 3.99. The molecule has 2 N–H and O–H groups in total. The highest BCUT2D eigenvalue weighted by atomic mass is 127. The van der Waals surface area contributed by atoms with E-state index in [0.717, 1.165) is 23.7 Å². The van der Waals surface area contributed by atoms with Crippen LogP contribution in [0.4, 0.5) is 0 Å². The Bertz CT molecular complexity index is 367. The van der Waals surface area contributed by atoms with Gasteiger partial charge in [-0.05, 0) is 62.5 Å². The molecular formula is C16H30IN3S. The van der Waals surface area contributed by atoms with E-state index in [9.17, 15) is 0 Å². The zero-order valence-electron chi connectivity index (χ0n) is 13.4. The highest BCUT2D eigenvalue weighted by Gasteiger charge is 2.48. The van der Waals surface area contributed by atoms with Crippen LogP contribution in [0.2, 0.25) is 0 Å². The fourth-order valence-corrected chi connectivity index (χ4v) is 4.79. The first-order valence-electron chi connectivity index (χ1n) is 8.26. The second-order valence-electron chi connectivity index (χ2n) is 6.93. The van der Waals surface area contributed by atoms with Crippen LogP contribution in [0, 0.1) is 11.3 Å². The summed E-state index contributed by atoms with van der Waals surface area (Å²) in [5.74, 6) is 2.04. The van der Waals surface area contributed by atoms with Crippen molar-refractivity contribution in [3.05, 3.63) is 0 Å². The van der Waals surface area contributed by atoms with Crippen molar-refractivity contribution >= 4 is 41.7 Å². The first kappa shape index (κ1) is 17.7. The van der Waals surface area contributed by atoms with Crippen molar-refractivity contribution in [1.82, 2.24) is 10.6 Å². The van der Waals surface area contributed by atoms with E-state index in [4.69, 9.17) is 0 Å². The molecule has 2 atom stereocenters. The lowest BCUT2D eigenvalue weighted by Crippen LogP contribution is -2.49. The Morgan fingerprint density at radius 2 is 2.00 bits per heavy atom. The predicted molar refractivity (Wildman–Crippen MR) is 104 cm³/mol. The summed E-state index contributed by atoms with van der Waals surface area (Å²) in [5, 5.41) is 8.10. The van der Waals surface area contributed by atoms with Gasteiger partial charge in [0.2, 0.25) is 0 Å². The molecule has 0 bridgehead atoms. The Hall–Kier alpha value is 0.350. The van der Waals surface area contributed by atoms with Crippen molar-refractivity contribution in [2.24, 2.45) is 16.3 Å². The smallest absolute Gasteiger partial charge is 0.191 e. The number of nitrogens with one attached hydrogen (secondary N) is 2. The molecule has 0 heterocycles. The molecule has 0 aromatic carbocycles. The summed E-state index contributed by atoms with van der Waals surface area (Å²) in [7, 11) is 1.90. The molecule has 2 unspecified atom stereocenters. The molecular weight excluding hydrogens is 393 g/mol. The number of halogens is 1. The van der Waals surface area contributed by atoms with E-state index >= 15 is 0 Å². The summed E-state index contributed by atoms with van der Waals surface area (Å²) < 4.78 is 0. The van der Waals surface area contributed by atoms with E-state index in [-0.39, 0.29) is 24.0 Å². The number of rotatable bonds is 5. The van der Waals surface area contributed by atoms with Crippen molar-refractivity contribution in [1.29, 1.82) is 0 Å². The number of hydrogen-bond donors (Lipinski definition) is 2. The Balaban J connectivity index is 0.00000161. The number of hydrogen-bond acceptors (Lipinski definition) is 2. The molecule has 0 aromatic rings. The van der Waals surface area contributed by atoms with Gasteiger partial charge in [-0.15, -0.1) is 24.0 Å². The quantitative estimate of drug-likeness (QED) is 0.403. The zero-order valence-corrected chi connectivity index (χ0v) is 16.5. The minimum atomic E-state index is 0. The van der Waals surface area contributed by atoms with Crippen LogP contribution in [-0.4, -0.2) is 37.1 Å². The van der Waals surface area contributed by atoms with Crippen molar-refractivity contribution in [2.75, 3.05) is 19.8 Å². The average molecular weight is 423 g/mol. The Morgan fingerprint density at radius 1 is 1.24 bits per heavy atom. The van der Waals surface area contributed by atoms with Gasteiger partial charge in [0.25, 0.3) is 0 Å². The fraction of sp³-hybridized carbons (Fsp3) is 0.938. The summed E-state index contributed by atoms with van der Waals surface area (Å²) in [6.45, 7) is 1.13. The van der Waals surface area contributed by atoms with Crippen LogP contribution in [0.5, 0.6) is 0 Å². The molecule has 122 valence electrons. The van der Waals surface area contributed by atoms with Crippen LogP contribution in [0.3, 0.4) is 0 Å².